The summed E-state index contributed by atoms with van der Waals surface area (Å²) in [6.07, 6.45) is 2.74. The van der Waals surface area contributed by atoms with Crippen molar-refractivity contribution in [1.82, 2.24) is 19.5 Å². The fraction of sp³-hybridized carbons (Fsp3) is 0.339. The predicted octanol–water partition coefficient (Wildman–Crippen LogP) is 16.1. The van der Waals surface area contributed by atoms with Crippen molar-refractivity contribution in [2.24, 2.45) is 5.41 Å². The summed E-state index contributed by atoms with van der Waals surface area (Å²) in [5.41, 5.74) is 15.8. The van der Waals surface area contributed by atoms with E-state index >= 15 is 0 Å². The first-order valence-corrected chi connectivity index (χ1v) is 25.8. The topological polar surface area (TPSA) is 63.8 Å². The Balaban J connectivity index is 0.00000642. The summed E-state index contributed by atoms with van der Waals surface area (Å²) in [4.78, 5) is 15.7. The van der Waals surface area contributed by atoms with Crippen molar-refractivity contribution >= 4 is 45.0 Å². The Morgan fingerprint density at radius 1 is 0.565 bits per heavy atom. The van der Waals surface area contributed by atoms with Crippen LogP contribution < -0.4 is 0 Å². The zero-order chi connectivity index (χ0) is 48.9. The minimum absolute atomic E-state index is 0. The van der Waals surface area contributed by atoms with Crippen molar-refractivity contribution in [1.29, 1.82) is 0 Å². The van der Waals surface area contributed by atoms with Crippen molar-refractivity contribution in [3.8, 4) is 56.3 Å². The molecule has 0 fully saturated rings. The molecule has 3 aromatic heterocycles. The summed E-state index contributed by atoms with van der Waals surface area (Å²) >= 11 is 0.0248. The number of imidazole rings is 1. The molecule has 0 spiro atoms. The number of para-hydroxylation sites is 1. The molecule has 9 aromatic rings. The Hall–Kier alpha value is -5.12. The van der Waals surface area contributed by atoms with Gasteiger partial charge < -0.3 is 0 Å². The van der Waals surface area contributed by atoms with Crippen molar-refractivity contribution < 1.29 is 26.2 Å². The maximum atomic E-state index is 12.6. The smallest absolute Gasteiger partial charge is 0 e. The van der Waals surface area contributed by atoms with E-state index in [0.29, 0.717) is 11.4 Å². The second-order valence-corrected chi connectivity index (χ2v) is 26.3. The van der Waals surface area contributed by atoms with E-state index in [0.717, 1.165) is 73.3 Å². The molecule has 69 heavy (non-hydrogen) atoms. The number of hydrogen-bond acceptors (Lipinski definition) is 4. The van der Waals surface area contributed by atoms with Crippen LogP contribution in [0, 0.1) is 11.5 Å². The molecule has 0 radical (unpaired) electrons. The van der Waals surface area contributed by atoms with Crippen molar-refractivity contribution in [3.05, 3.63) is 149 Å². The number of aromatic hydroxyl groups is 1. The van der Waals surface area contributed by atoms with Gasteiger partial charge in [0.25, 0.3) is 0 Å². The van der Waals surface area contributed by atoms with Crippen LogP contribution in [0.4, 0.5) is 0 Å². The second-order valence-electron chi connectivity index (χ2n) is 24.2. The van der Waals surface area contributed by atoms with Crippen molar-refractivity contribution in [2.45, 2.75) is 132 Å². The van der Waals surface area contributed by atoms with E-state index in [1.807, 2.05) is 0 Å². The van der Waals surface area contributed by atoms with Gasteiger partial charge in [0.15, 0.2) is 0 Å². The summed E-state index contributed by atoms with van der Waals surface area (Å²) in [7, 11) is 0. The molecule has 0 saturated heterocycles. The third kappa shape index (κ3) is 9.71. The van der Waals surface area contributed by atoms with E-state index < -0.39 is 0 Å². The van der Waals surface area contributed by atoms with Gasteiger partial charge in [0, 0.05) is 21.1 Å². The van der Waals surface area contributed by atoms with Gasteiger partial charge in [0.1, 0.15) is 0 Å². The van der Waals surface area contributed by atoms with Gasteiger partial charge in [-0.3, -0.25) is 0 Å². The summed E-state index contributed by atoms with van der Waals surface area (Å²) in [5, 5.41) is 13.9. The maximum Gasteiger partial charge on any atom is 0 e. The number of aromatic nitrogens is 4. The van der Waals surface area contributed by atoms with Gasteiger partial charge in [0.05, 0.1) is 0 Å². The molecule has 0 bridgehead atoms. The van der Waals surface area contributed by atoms with E-state index in [-0.39, 0.29) is 68.4 Å². The number of rotatable bonds is 6. The molecule has 0 unspecified atom stereocenters. The van der Waals surface area contributed by atoms with E-state index in [9.17, 15) is 5.11 Å². The monoisotopic (exact) mass is 1160 g/mol. The van der Waals surface area contributed by atoms with Crippen molar-refractivity contribution in [3.63, 3.8) is 0 Å². The third-order valence-corrected chi connectivity index (χ3v) is 15.9. The molecule has 7 heteroatoms. The molecule has 9 rings (SSSR count). The average Bonchev–Trinajstić information content (AvgIpc) is 3.84. The summed E-state index contributed by atoms with van der Waals surface area (Å²) in [5.74, 6) is 0.945. The first-order chi connectivity index (χ1) is 31.8. The molecular weight excluding hydrogens is 1090 g/mol. The summed E-state index contributed by atoms with van der Waals surface area (Å²) in [6, 6.07) is 43.6. The van der Waals surface area contributed by atoms with Gasteiger partial charge in [-0.05, 0) is 21.8 Å². The number of phenols is 1. The summed E-state index contributed by atoms with van der Waals surface area (Å²) in [6.45, 7) is 33.8. The van der Waals surface area contributed by atoms with Crippen LogP contribution in [0.25, 0.3) is 81.0 Å². The van der Waals surface area contributed by atoms with Crippen LogP contribution in [-0.4, -0.2) is 39.1 Å². The number of hydrogen-bond donors (Lipinski definition) is 1. The fourth-order valence-corrected chi connectivity index (χ4v) is 12.1. The molecule has 358 valence electrons. The Bertz CT molecular complexity index is 3400. The number of phenolic OH excluding ortho intramolecular Hbond substituents is 1. The van der Waals surface area contributed by atoms with Gasteiger partial charge in [-0.1, -0.05) is 98.7 Å². The average molecular weight is 1160 g/mol. The Morgan fingerprint density at radius 2 is 1.20 bits per heavy atom. The van der Waals surface area contributed by atoms with E-state index in [4.69, 9.17) is 15.0 Å². The molecule has 0 saturated carbocycles. The Morgan fingerprint density at radius 3 is 1.86 bits per heavy atom. The zero-order valence-electron chi connectivity index (χ0n) is 43.1. The van der Waals surface area contributed by atoms with Crippen LogP contribution >= 0.6 is 0 Å². The van der Waals surface area contributed by atoms with Gasteiger partial charge in [-0.15, -0.1) is 0 Å². The molecule has 0 aliphatic carbocycles. The Kier molecular flexibility index (Phi) is 13.1. The first-order valence-electron chi connectivity index (χ1n) is 24.1. The van der Waals surface area contributed by atoms with Crippen LogP contribution in [0.5, 0.6) is 5.75 Å². The van der Waals surface area contributed by atoms with E-state index in [2.05, 4.69) is 224 Å². The molecule has 0 aliphatic heterocycles. The largest absolute Gasteiger partial charge is 0 e. The third-order valence-electron chi connectivity index (χ3n) is 13.3. The van der Waals surface area contributed by atoms with Crippen LogP contribution in [0.1, 0.15) is 132 Å². The van der Waals surface area contributed by atoms with E-state index in [1.54, 1.807) is 6.33 Å². The van der Waals surface area contributed by atoms with Crippen LogP contribution in [0.15, 0.2) is 116 Å². The number of nitrogens with zero attached hydrogens (tertiary/aromatic N) is 4. The van der Waals surface area contributed by atoms with Crippen LogP contribution in [-0.2, 0) is 49.1 Å². The standard InChI is InChI=1S/C62H67N4OSe.Pt/c1-58(2,3)35-38-23-19-25-45-53-56(68-55(38)45)51(63-36-64-53)40-29-39(30-42(31-40)60(7,8)9)44-24-20-26-50-52(44)65-57(47-33-43(61(10,11)12)34-48(54(47)67)62(13,14)15)66(50)49-28-27-41(59(4,5)6)32-46(49)37-21-17-16-18-22-37;/h16-28,30-34,36,67H,35H2,1-15H3;/q-1;. The van der Waals surface area contributed by atoms with Crippen LogP contribution in [0.2, 0.25) is 0 Å². The van der Waals surface area contributed by atoms with Crippen LogP contribution in [0.3, 0.4) is 0 Å². The van der Waals surface area contributed by atoms with E-state index in [1.165, 1.54) is 30.6 Å². The van der Waals surface area contributed by atoms with Gasteiger partial charge in [0.2, 0.25) is 0 Å². The molecule has 0 amide bonds. The molecule has 5 nitrogen and oxygen atoms in total. The predicted molar refractivity (Wildman–Crippen MR) is 289 cm³/mol. The fourth-order valence-electron chi connectivity index (χ4n) is 9.43. The quantitative estimate of drug-likeness (QED) is 0.133. The van der Waals surface area contributed by atoms with Gasteiger partial charge in [-0.2, -0.15) is 0 Å². The minimum atomic E-state index is -0.331. The molecule has 6 aromatic carbocycles. The second kappa shape index (κ2) is 17.9. The maximum absolute atomic E-state index is 12.6. The molecule has 0 aliphatic rings. The van der Waals surface area contributed by atoms with Crippen molar-refractivity contribution in [2.75, 3.05) is 0 Å². The molecular formula is C62H67N4OPtSe-. The van der Waals surface area contributed by atoms with Gasteiger partial charge >= 0.3 is 292 Å². The molecule has 3 heterocycles. The zero-order valence-corrected chi connectivity index (χ0v) is 47.1. The van der Waals surface area contributed by atoms with Gasteiger partial charge in [-0.25, -0.2) is 0 Å². The molecule has 1 N–H and O–H groups in total. The number of fused-ring (bicyclic) bond motifs is 4. The summed E-state index contributed by atoms with van der Waals surface area (Å²) < 4.78 is 4.92. The normalized spacial score (nSPS) is 12.9. The number of benzene rings is 6. The molecule has 0 atom stereocenters. The Labute approximate surface area is 430 Å². The first kappa shape index (κ1) is 50.3. The minimum Gasteiger partial charge on any atom is 0 e. The SMILES string of the molecule is CC(C)(C)Cc1cccc2c1[se]c1c(-c3[c-]c(-c4cccc5c4nc(-c4cc(C(C)(C)C)cc(C(C)(C)C)c4O)n5-c4ccc(C(C)(C)C)cc4-c4ccccc4)cc(C(C)(C)C)c3)ncnc12.[Pt].